The molecule has 0 amide bonds. The van der Waals surface area contributed by atoms with Gasteiger partial charge in [0.1, 0.15) is 5.60 Å². The topological polar surface area (TPSA) is 74.1 Å². The molecular formula is C23H24F6N2O3. The van der Waals surface area contributed by atoms with Crippen molar-refractivity contribution in [2.45, 2.75) is 64.4 Å². The van der Waals surface area contributed by atoms with Crippen molar-refractivity contribution < 1.29 is 41.3 Å². The Bertz CT molecular complexity index is 1110. The summed E-state index contributed by atoms with van der Waals surface area (Å²) in [4.78, 5) is 0. The third-order valence-corrected chi connectivity index (χ3v) is 5.23. The SMILES string of the molecule is CC1(C)CC(=NNc2cc(C(F)(F)F)cc(C(F)(F)F)c2)c2cc(C(C)(C)C)c(O)c(O)c2O1. The molecule has 5 nitrogen and oxygen atoms in total. The molecule has 0 radical (unpaired) electrons. The fourth-order valence-corrected chi connectivity index (χ4v) is 3.59. The lowest BCUT2D eigenvalue weighted by Gasteiger charge is -2.35. The van der Waals surface area contributed by atoms with E-state index in [1.807, 2.05) is 0 Å². The molecule has 0 saturated carbocycles. The third kappa shape index (κ3) is 5.18. The van der Waals surface area contributed by atoms with E-state index in [9.17, 15) is 36.6 Å². The molecule has 3 N–H and O–H groups in total. The van der Waals surface area contributed by atoms with E-state index in [-0.39, 0.29) is 35.3 Å². The van der Waals surface area contributed by atoms with Crippen molar-refractivity contribution in [3.05, 3.63) is 46.5 Å². The minimum atomic E-state index is -5.00. The molecule has 3 rings (SSSR count). The summed E-state index contributed by atoms with van der Waals surface area (Å²) in [6, 6.07) is 2.62. The summed E-state index contributed by atoms with van der Waals surface area (Å²) in [6.45, 7) is 8.69. The molecule has 34 heavy (non-hydrogen) atoms. The summed E-state index contributed by atoms with van der Waals surface area (Å²) < 4.78 is 84.8. The second-order valence-corrected chi connectivity index (χ2v) is 9.75. The number of rotatable bonds is 2. The minimum absolute atomic E-state index is 0.0294. The molecule has 0 fully saturated rings. The average molecular weight is 490 g/mol. The monoisotopic (exact) mass is 490 g/mol. The van der Waals surface area contributed by atoms with E-state index < -0.39 is 45.9 Å². The van der Waals surface area contributed by atoms with Gasteiger partial charge in [0, 0.05) is 17.5 Å². The molecular weight excluding hydrogens is 466 g/mol. The van der Waals surface area contributed by atoms with Crippen LogP contribution in [0.3, 0.4) is 0 Å². The fourth-order valence-electron chi connectivity index (χ4n) is 3.59. The number of aromatic hydroxyl groups is 2. The number of anilines is 1. The number of fused-ring (bicyclic) bond motifs is 1. The van der Waals surface area contributed by atoms with E-state index in [4.69, 9.17) is 4.74 Å². The summed E-state index contributed by atoms with van der Waals surface area (Å²) in [5.74, 6) is -0.993. The smallest absolute Gasteiger partial charge is 0.416 e. The quantitative estimate of drug-likeness (QED) is 0.246. The van der Waals surface area contributed by atoms with E-state index in [2.05, 4.69) is 10.5 Å². The summed E-state index contributed by atoms with van der Waals surface area (Å²) in [7, 11) is 0. The molecule has 2 aromatic rings. The van der Waals surface area contributed by atoms with Crippen molar-refractivity contribution in [3.8, 4) is 17.2 Å². The molecule has 1 aliphatic rings. The predicted octanol–water partition coefficient (Wildman–Crippen LogP) is 6.81. The zero-order valence-electron chi connectivity index (χ0n) is 19.0. The number of phenolic OH excluding ortho intramolecular Hbond substituents is 2. The molecule has 0 saturated heterocycles. The summed E-state index contributed by atoms with van der Waals surface area (Å²) in [6.07, 6.45) is -9.88. The van der Waals surface area contributed by atoms with E-state index in [1.165, 1.54) is 6.07 Å². The number of alkyl halides is 6. The minimum Gasteiger partial charge on any atom is -0.504 e. The summed E-state index contributed by atoms with van der Waals surface area (Å²) in [5, 5.41) is 25.1. The van der Waals surface area contributed by atoms with Gasteiger partial charge in [-0.1, -0.05) is 20.8 Å². The molecule has 11 heteroatoms. The first-order valence-corrected chi connectivity index (χ1v) is 10.2. The average Bonchev–Trinajstić information content (AvgIpc) is 2.66. The van der Waals surface area contributed by atoms with Gasteiger partial charge < -0.3 is 14.9 Å². The van der Waals surface area contributed by atoms with Crippen LogP contribution in [0.25, 0.3) is 0 Å². The molecule has 1 aliphatic heterocycles. The number of benzene rings is 2. The van der Waals surface area contributed by atoms with Gasteiger partial charge in [-0.3, -0.25) is 5.43 Å². The van der Waals surface area contributed by atoms with Crippen molar-refractivity contribution in [3.63, 3.8) is 0 Å². The van der Waals surface area contributed by atoms with Crippen molar-refractivity contribution in [1.29, 1.82) is 0 Å². The Labute approximate surface area is 192 Å². The van der Waals surface area contributed by atoms with Crippen LogP contribution < -0.4 is 10.2 Å². The second-order valence-electron chi connectivity index (χ2n) is 9.75. The summed E-state index contributed by atoms with van der Waals surface area (Å²) in [5.41, 5.74) is -1.87. The first-order valence-electron chi connectivity index (χ1n) is 10.2. The van der Waals surface area contributed by atoms with Crippen molar-refractivity contribution in [1.82, 2.24) is 0 Å². The van der Waals surface area contributed by atoms with E-state index in [0.29, 0.717) is 17.7 Å². The van der Waals surface area contributed by atoms with Crippen LogP contribution in [0.1, 0.15) is 63.3 Å². The Kier molecular flexibility index (Phi) is 5.99. The van der Waals surface area contributed by atoms with Crippen LogP contribution >= 0.6 is 0 Å². The van der Waals surface area contributed by atoms with Crippen LogP contribution in [-0.4, -0.2) is 21.5 Å². The zero-order valence-corrected chi connectivity index (χ0v) is 19.0. The Balaban J connectivity index is 2.14. The number of hydrazone groups is 1. The van der Waals surface area contributed by atoms with E-state index in [1.54, 1.807) is 34.6 Å². The highest BCUT2D eigenvalue weighted by Crippen LogP contribution is 2.49. The molecule has 0 atom stereocenters. The largest absolute Gasteiger partial charge is 0.504 e. The molecule has 1 heterocycles. The molecule has 0 bridgehead atoms. The van der Waals surface area contributed by atoms with E-state index >= 15 is 0 Å². The standard InChI is InChI=1S/C23H24F6N2O3/c1-20(2,3)15-9-14-16(10-21(4,5)34-19(14)18(33)17(15)32)31-30-13-7-11(22(24,25)26)6-12(8-13)23(27,28)29/h6-9,30,32-33H,10H2,1-5H3. The van der Waals surface area contributed by atoms with Gasteiger partial charge in [-0.05, 0) is 43.5 Å². The van der Waals surface area contributed by atoms with Crippen molar-refractivity contribution in [2.75, 3.05) is 5.43 Å². The molecule has 186 valence electrons. The normalized spacial score (nSPS) is 17.3. The van der Waals surface area contributed by atoms with E-state index in [0.717, 1.165) is 0 Å². The Hall–Kier alpha value is -3.11. The number of nitrogens with zero attached hydrogens (tertiary/aromatic N) is 1. The number of hydrogen-bond donors (Lipinski definition) is 3. The Morgan fingerprint density at radius 3 is 1.88 bits per heavy atom. The van der Waals surface area contributed by atoms with Crippen LogP contribution in [0.2, 0.25) is 0 Å². The highest BCUT2D eigenvalue weighted by molar-refractivity contribution is 6.06. The Morgan fingerprint density at radius 2 is 1.41 bits per heavy atom. The number of halogens is 6. The van der Waals surface area contributed by atoms with Crippen LogP contribution in [0.15, 0.2) is 29.4 Å². The van der Waals surface area contributed by atoms with Crippen molar-refractivity contribution in [2.24, 2.45) is 5.10 Å². The zero-order chi connectivity index (χ0) is 25.9. The second kappa shape index (κ2) is 7.99. The highest BCUT2D eigenvalue weighted by Gasteiger charge is 2.38. The lowest BCUT2D eigenvalue weighted by Crippen LogP contribution is -2.37. The van der Waals surface area contributed by atoms with Gasteiger partial charge >= 0.3 is 12.4 Å². The lowest BCUT2D eigenvalue weighted by atomic mass is 9.82. The molecule has 0 unspecified atom stereocenters. The van der Waals surface area contributed by atoms with Gasteiger partial charge in [-0.15, -0.1) is 0 Å². The van der Waals surface area contributed by atoms with Gasteiger partial charge in [0.15, 0.2) is 11.5 Å². The van der Waals surface area contributed by atoms with Gasteiger partial charge in [-0.25, -0.2) is 0 Å². The van der Waals surface area contributed by atoms with Crippen LogP contribution in [-0.2, 0) is 17.8 Å². The number of phenols is 2. The maximum absolute atomic E-state index is 13.2. The first kappa shape index (κ1) is 25.5. The molecule has 0 aliphatic carbocycles. The molecule has 0 aromatic heterocycles. The molecule has 2 aromatic carbocycles. The van der Waals surface area contributed by atoms with Crippen LogP contribution in [0, 0.1) is 0 Å². The Morgan fingerprint density at radius 1 is 0.882 bits per heavy atom. The van der Waals surface area contributed by atoms with Crippen LogP contribution in [0.4, 0.5) is 32.0 Å². The number of ether oxygens (including phenoxy) is 1. The lowest BCUT2D eigenvalue weighted by molar-refractivity contribution is -0.143. The van der Waals surface area contributed by atoms with Gasteiger partial charge in [0.25, 0.3) is 0 Å². The van der Waals surface area contributed by atoms with Gasteiger partial charge in [0.05, 0.1) is 22.5 Å². The van der Waals surface area contributed by atoms with Crippen molar-refractivity contribution >= 4 is 11.4 Å². The first-order chi connectivity index (χ1) is 15.3. The number of hydrogen-bond acceptors (Lipinski definition) is 5. The van der Waals surface area contributed by atoms with Crippen LogP contribution in [0.5, 0.6) is 17.2 Å². The van der Waals surface area contributed by atoms with Gasteiger partial charge in [0.2, 0.25) is 5.75 Å². The maximum atomic E-state index is 13.2. The molecule has 0 spiro atoms. The highest BCUT2D eigenvalue weighted by atomic mass is 19.4. The van der Waals surface area contributed by atoms with Gasteiger partial charge in [-0.2, -0.15) is 31.4 Å². The third-order valence-electron chi connectivity index (χ3n) is 5.23. The predicted molar refractivity (Wildman–Crippen MR) is 114 cm³/mol. The fraction of sp³-hybridized carbons (Fsp3) is 0.435. The number of nitrogens with one attached hydrogen (secondary N) is 1. The summed E-state index contributed by atoms with van der Waals surface area (Å²) >= 11 is 0. The maximum Gasteiger partial charge on any atom is 0.416 e.